The fraction of sp³-hybridized carbons (Fsp3) is 0.333. The van der Waals surface area contributed by atoms with Gasteiger partial charge in [0.2, 0.25) is 5.43 Å². The van der Waals surface area contributed by atoms with Crippen LogP contribution in [0.25, 0.3) is 10.9 Å². The molecule has 0 bridgehead atoms. The Kier molecular flexibility index (Phi) is 2.85. The monoisotopic (exact) mass is 275 g/mol. The number of pyridine rings is 1. The summed E-state index contributed by atoms with van der Waals surface area (Å²) in [6.45, 7) is 2.38. The van der Waals surface area contributed by atoms with Gasteiger partial charge in [-0.1, -0.05) is 0 Å². The zero-order valence-corrected chi connectivity index (χ0v) is 11.0. The van der Waals surface area contributed by atoms with E-state index in [1.165, 1.54) is 12.3 Å². The number of carboxylic acid groups (broad SMARTS) is 1. The molecule has 0 atom stereocenters. The molecule has 2 aromatic rings. The molecule has 0 radical (unpaired) electrons. The van der Waals surface area contributed by atoms with E-state index in [9.17, 15) is 14.0 Å². The van der Waals surface area contributed by atoms with Gasteiger partial charge in [-0.2, -0.15) is 0 Å². The summed E-state index contributed by atoms with van der Waals surface area (Å²) < 4.78 is 15.7. The summed E-state index contributed by atoms with van der Waals surface area (Å²) >= 11 is 0. The minimum atomic E-state index is -1.29. The number of hydrogen-bond acceptors (Lipinski definition) is 2. The first-order valence-electron chi connectivity index (χ1n) is 6.62. The van der Waals surface area contributed by atoms with Crippen molar-refractivity contribution in [1.82, 2.24) is 4.57 Å². The van der Waals surface area contributed by atoms with Gasteiger partial charge in [0, 0.05) is 18.1 Å². The summed E-state index contributed by atoms with van der Waals surface area (Å²) in [5.41, 5.74) is 0.282. The van der Waals surface area contributed by atoms with Crippen LogP contribution in [-0.4, -0.2) is 15.6 Å². The number of halogens is 1. The zero-order chi connectivity index (χ0) is 14.4. The second-order valence-corrected chi connectivity index (χ2v) is 5.13. The molecule has 0 aliphatic heterocycles. The quantitative estimate of drug-likeness (QED) is 0.937. The molecule has 1 fully saturated rings. The molecular weight excluding hydrogens is 261 g/mol. The van der Waals surface area contributed by atoms with E-state index >= 15 is 0 Å². The third kappa shape index (κ3) is 1.90. The summed E-state index contributed by atoms with van der Waals surface area (Å²) in [5.74, 6) is -1.47. The van der Waals surface area contributed by atoms with Gasteiger partial charge in [-0.05, 0) is 43.4 Å². The molecule has 1 aliphatic rings. The average Bonchev–Trinajstić information content (AvgIpc) is 3.23. The Morgan fingerprint density at radius 2 is 2.15 bits per heavy atom. The Morgan fingerprint density at radius 3 is 2.70 bits per heavy atom. The van der Waals surface area contributed by atoms with Crippen LogP contribution in [0.5, 0.6) is 0 Å². The van der Waals surface area contributed by atoms with Gasteiger partial charge in [-0.15, -0.1) is 0 Å². The summed E-state index contributed by atoms with van der Waals surface area (Å²) in [6.07, 6.45) is 3.26. The van der Waals surface area contributed by atoms with Crippen LogP contribution in [0.3, 0.4) is 0 Å². The standard InChI is InChI=1S/C15H14FNO3/c1-2-17-7-11(15(19)20)14(18)10-5-12(16)9(6-13(10)17)8-3-4-8/h5-8H,2-4H2,1H3,(H,19,20). The fourth-order valence-electron chi connectivity index (χ4n) is 2.55. The highest BCUT2D eigenvalue weighted by Crippen LogP contribution is 2.42. The second kappa shape index (κ2) is 4.44. The van der Waals surface area contributed by atoms with Gasteiger partial charge in [-0.3, -0.25) is 4.79 Å². The molecule has 1 aromatic carbocycles. The summed E-state index contributed by atoms with van der Waals surface area (Å²) in [7, 11) is 0. The minimum absolute atomic E-state index is 0.133. The molecule has 1 heterocycles. The number of rotatable bonds is 3. The first kappa shape index (κ1) is 12.8. The van der Waals surface area contributed by atoms with E-state index in [0.29, 0.717) is 17.6 Å². The maximum Gasteiger partial charge on any atom is 0.341 e. The number of aromatic carboxylic acids is 1. The molecule has 0 spiro atoms. The number of carbonyl (C=O) groups is 1. The van der Waals surface area contributed by atoms with Crippen LogP contribution >= 0.6 is 0 Å². The van der Waals surface area contributed by atoms with Crippen molar-refractivity contribution in [3.63, 3.8) is 0 Å². The molecule has 1 saturated carbocycles. The predicted octanol–water partition coefficient (Wildman–Crippen LogP) is 2.74. The lowest BCUT2D eigenvalue weighted by Crippen LogP contribution is -2.19. The molecule has 0 unspecified atom stereocenters. The largest absolute Gasteiger partial charge is 0.477 e. The van der Waals surface area contributed by atoms with Crippen LogP contribution in [0, 0.1) is 5.82 Å². The van der Waals surface area contributed by atoms with E-state index < -0.39 is 17.2 Å². The van der Waals surface area contributed by atoms with Gasteiger partial charge in [0.05, 0.1) is 5.52 Å². The van der Waals surface area contributed by atoms with Gasteiger partial charge in [-0.25, -0.2) is 9.18 Å². The molecule has 1 aromatic heterocycles. The van der Waals surface area contributed by atoms with Gasteiger partial charge in [0.25, 0.3) is 0 Å². The van der Waals surface area contributed by atoms with Gasteiger partial charge >= 0.3 is 5.97 Å². The van der Waals surface area contributed by atoms with Crippen LogP contribution in [0.1, 0.15) is 41.6 Å². The zero-order valence-electron chi connectivity index (χ0n) is 11.0. The molecule has 5 heteroatoms. The topological polar surface area (TPSA) is 59.3 Å². The Balaban J connectivity index is 2.38. The number of fused-ring (bicyclic) bond motifs is 1. The Morgan fingerprint density at radius 1 is 1.45 bits per heavy atom. The van der Waals surface area contributed by atoms with Gasteiger partial charge in [0.15, 0.2) is 0 Å². The second-order valence-electron chi connectivity index (χ2n) is 5.13. The molecule has 1 aliphatic carbocycles. The Bertz CT molecular complexity index is 775. The first-order chi connectivity index (χ1) is 9.52. The van der Waals surface area contributed by atoms with E-state index in [1.54, 1.807) is 10.6 Å². The van der Waals surface area contributed by atoms with Crippen molar-refractivity contribution in [2.24, 2.45) is 0 Å². The van der Waals surface area contributed by atoms with Gasteiger partial charge < -0.3 is 9.67 Å². The number of aromatic nitrogens is 1. The normalized spacial score (nSPS) is 14.7. The molecule has 1 N–H and O–H groups in total. The van der Waals surface area contributed by atoms with Crippen molar-refractivity contribution in [3.8, 4) is 0 Å². The number of benzene rings is 1. The lowest BCUT2D eigenvalue weighted by Gasteiger charge is -2.12. The lowest BCUT2D eigenvalue weighted by atomic mass is 10.0. The molecule has 0 amide bonds. The van der Waals surface area contributed by atoms with E-state index in [2.05, 4.69) is 0 Å². The smallest absolute Gasteiger partial charge is 0.341 e. The fourth-order valence-corrected chi connectivity index (χ4v) is 2.55. The number of aryl methyl sites for hydroxylation is 1. The summed E-state index contributed by atoms with van der Waals surface area (Å²) in [6, 6.07) is 2.88. The van der Waals surface area contributed by atoms with Crippen LogP contribution < -0.4 is 5.43 Å². The highest BCUT2D eigenvalue weighted by molar-refractivity contribution is 5.92. The van der Waals surface area contributed by atoms with Crippen molar-refractivity contribution < 1.29 is 14.3 Å². The van der Waals surface area contributed by atoms with Crippen molar-refractivity contribution in [2.75, 3.05) is 0 Å². The third-order valence-corrected chi connectivity index (χ3v) is 3.79. The highest BCUT2D eigenvalue weighted by Gasteiger charge is 2.27. The lowest BCUT2D eigenvalue weighted by molar-refractivity contribution is 0.0695. The number of carboxylic acids is 1. The molecule has 20 heavy (non-hydrogen) atoms. The summed E-state index contributed by atoms with van der Waals surface area (Å²) in [5, 5.41) is 9.19. The number of nitrogens with zero attached hydrogens (tertiary/aromatic N) is 1. The Hall–Kier alpha value is -2.17. The minimum Gasteiger partial charge on any atom is -0.477 e. The molecule has 104 valence electrons. The van der Waals surface area contributed by atoms with Crippen molar-refractivity contribution in [2.45, 2.75) is 32.2 Å². The average molecular weight is 275 g/mol. The molecular formula is C15H14FNO3. The van der Waals surface area contributed by atoms with Gasteiger partial charge in [0.1, 0.15) is 11.4 Å². The van der Waals surface area contributed by atoms with Crippen LogP contribution in [0.15, 0.2) is 23.1 Å². The van der Waals surface area contributed by atoms with Crippen LogP contribution in [-0.2, 0) is 6.54 Å². The Labute approximate surface area is 114 Å². The molecule has 3 rings (SSSR count). The van der Waals surface area contributed by atoms with E-state index in [4.69, 9.17) is 5.11 Å². The number of hydrogen-bond donors (Lipinski definition) is 1. The van der Waals surface area contributed by atoms with Crippen LogP contribution in [0.4, 0.5) is 4.39 Å². The first-order valence-corrected chi connectivity index (χ1v) is 6.62. The van der Waals surface area contributed by atoms with Crippen LogP contribution in [0.2, 0.25) is 0 Å². The van der Waals surface area contributed by atoms with Crippen molar-refractivity contribution in [1.29, 1.82) is 0 Å². The molecule has 0 saturated heterocycles. The maximum atomic E-state index is 14.1. The van der Waals surface area contributed by atoms with Crippen molar-refractivity contribution in [3.05, 3.63) is 45.5 Å². The highest BCUT2D eigenvalue weighted by atomic mass is 19.1. The maximum absolute atomic E-state index is 14.1. The third-order valence-electron chi connectivity index (χ3n) is 3.79. The van der Waals surface area contributed by atoms with E-state index in [0.717, 1.165) is 12.8 Å². The van der Waals surface area contributed by atoms with Crippen molar-refractivity contribution >= 4 is 16.9 Å². The SMILES string of the molecule is CCn1cc(C(=O)O)c(=O)c2cc(F)c(C3CC3)cc21. The van der Waals surface area contributed by atoms with E-state index in [-0.39, 0.29) is 16.9 Å². The summed E-state index contributed by atoms with van der Waals surface area (Å²) in [4.78, 5) is 23.2. The van der Waals surface area contributed by atoms with E-state index in [1.807, 2.05) is 6.92 Å². The molecule has 4 nitrogen and oxygen atoms in total. The predicted molar refractivity (Wildman–Crippen MR) is 72.8 cm³/mol.